The van der Waals surface area contributed by atoms with Crippen LogP contribution in [0.5, 0.6) is 5.75 Å². The van der Waals surface area contributed by atoms with E-state index in [0.29, 0.717) is 13.0 Å². The van der Waals surface area contributed by atoms with Crippen LogP contribution in [-0.2, 0) is 12.8 Å². The molecule has 4 aromatic rings. The van der Waals surface area contributed by atoms with Crippen molar-refractivity contribution in [2.24, 2.45) is 0 Å². The van der Waals surface area contributed by atoms with Gasteiger partial charge in [0.05, 0.1) is 6.61 Å². The molecule has 0 amide bonds. The molecule has 0 bridgehead atoms. The minimum Gasteiger partial charge on any atom is -0.493 e. The molecule has 0 radical (unpaired) electrons. The van der Waals surface area contributed by atoms with Gasteiger partial charge in [0.25, 0.3) is 0 Å². The molecule has 0 aromatic heterocycles. The Bertz CT molecular complexity index is 1310. The molecule has 4 aromatic carbocycles. The largest absolute Gasteiger partial charge is 0.493 e. The third kappa shape index (κ3) is 5.75. The molecule has 0 aliphatic carbocycles. The first kappa shape index (κ1) is 22.5. The molecule has 4 rings (SSSR count). The van der Waals surface area contributed by atoms with Gasteiger partial charge in [-0.3, -0.25) is 0 Å². The summed E-state index contributed by atoms with van der Waals surface area (Å²) >= 11 is 0. The van der Waals surface area contributed by atoms with Crippen LogP contribution in [0.25, 0.3) is 10.8 Å². The van der Waals surface area contributed by atoms with Crippen LogP contribution < -0.4 is 4.74 Å². The summed E-state index contributed by atoms with van der Waals surface area (Å²) in [6, 6.07) is 20.4. The average molecular weight is 444 g/mol. The van der Waals surface area contributed by atoms with Crippen LogP contribution in [0.1, 0.15) is 35.6 Å². The monoisotopic (exact) mass is 444 g/mol. The molecular formula is C29H23F3O. The Morgan fingerprint density at radius 3 is 2.06 bits per heavy atom. The summed E-state index contributed by atoms with van der Waals surface area (Å²) in [4.78, 5) is 0. The van der Waals surface area contributed by atoms with Crippen molar-refractivity contribution < 1.29 is 17.9 Å². The van der Waals surface area contributed by atoms with Crippen molar-refractivity contribution >= 4 is 10.8 Å². The van der Waals surface area contributed by atoms with Crippen molar-refractivity contribution in [2.75, 3.05) is 6.61 Å². The molecule has 33 heavy (non-hydrogen) atoms. The SMILES string of the molecule is CCCOc1cc(F)c(CCc2ccc(C#Cc3ccc4cc(F)ccc4c3)cc2)c(F)c1. The first-order chi connectivity index (χ1) is 16.0. The molecule has 4 heteroatoms. The van der Waals surface area contributed by atoms with Gasteiger partial charge in [-0.2, -0.15) is 0 Å². The summed E-state index contributed by atoms with van der Waals surface area (Å²) in [5.74, 6) is 5.04. The molecule has 0 unspecified atom stereocenters. The summed E-state index contributed by atoms with van der Waals surface area (Å²) in [5.41, 5.74) is 2.72. The zero-order valence-electron chi connectivity index (χ0n) is 18.3. The highest BCUT2D eigenvalue weighted by Gasteiger charge is 2.12. The molecule has 0 saturated carbocycles. The lowest BCUT2D eigenvalue weighted by molar-refractivity contribution is 0.313. The molecule has 0 saturated heterocycles. The molecule has 0 heterocycles. The highest BCUT2D eigenvalue weighted by molar-refractivity contribution is 5.84. The molecule has 0 atom stereocenters. The van der Waals surface area contributed by atoms with Crippen LogP contribution in [0, 0.1) is 29.3 Å². The van der Waals surface area contributed by atoms with Crippen molar-refractivity contribution in [3.8, 4) is 17.6 Å². The number of aryl methyl sites for hydroxylation is 1. The number of ether oxygens (including phenoxy) is 1. The highest BCUT2D eigenvalue weighted by atomic mass is 19.1. The Hall–Kier alpha value is -3.71. The summed E-state index contributed by atoms with van der Waals surface area (Å²) in [5, 5.41) is 1.77. The molecule has 0 spiro atoms. The molecule has 0 aliphatic heterocycles. The lowest BCUT2D eigenvalue weighted by atomic mass is 10.0. The Labute approximate surface area is 191 Å². The standard InChI is InChI=1S/C29H23F3O/c1-2-15-33-26-18-28(31)27(29(32)19-26)14-10-21-5-3-20(4-6-21)7-8-22-9-11-24-17-25(30)13-12-23(24)16-22/h3-6,9,11-13,16-19H,2,10,14-15H2,1H3. The van der Waals surface area contributed by atoms with Crippen LogP contribution in [0.15, 0.2) is 72.8 Å². The fraction of sp³-hybridized carbons (Fsp3) is 0.172. The number of rotatable bonds is 6. The minimum atomic E-state index is -0.582. The van der Waals surface area contributed by atoms with E-state index < -0.39 is 11.6 Å². The van der Waals surface area contributed by atoms with Crippen LogP contribution in [0.2, 0.25) is 0 Å². The van der Waals surface area contributed by atoms with Crippen molar-refractivity contribution in [1.29, 1.82) is 0 Å². The summed E-state index contributed by atoms with van der Waals surface area (Å²) in [6.45, 7) is 2.36. The normalized spacial score (nSPS) is 10.7. The van der Waals surface area contributed by atoms with E-state index >= 15 is 0 Å². The van der Waals surface area contributed by atoms with E-state index in [4.69, 9.17) is 4.74 Å². The highest BCUT2D eigenvalue weighted by Crippen LogP contribution is 2.23. The third-order valence-corrected chi connectivity index (χ3v) is 5.36. The Kier molecular flexibility index (Phi) is 7.00. The van der Waals surface area contributed by atoms with E-state index in [1.54, 1.807) is 6.07 Å². The fourth-order valence-corrected chi connectivity index (χ4v) is 3.58. The average Bonchev–Trinajstić information content (AvgIpc) is 2.81. The van der Waals surface area contributed by atoms with E-state index in [2.05, 4.69) is 11.8 Å². The number of halogens is 3. The topological polar surface area (TPSA) is 9.23 Å². The molecule has 0 fully saturated rings. The van der Waals surface area contributed by atoms with E-state index in [0.717, 1.165) is 33.9 Å². The molecule has 1 nitrogen and oxygen atoms in total. The van der Waals surface area contributed by atoms with Crippen LogP contribution in [-0.4, -0.2) is 6.61 Å². The first-order valence-corrected chi connectivity index (χ1v) is 10.9. The van der Waals surface area contributed by atoms with Crippen LogP contribution in [0.4, 0.5) is 13.2 Å². The van der Waals surface area contributed by atoms with Crippen molar-refractivity contribution in [2.45, 2.75) is 26.2 Å². The van der Waals surface area contributed by atoms with Gasteiger partial charge in [0.15, 0.2) is 0 Å². The Balaban J connectivity index is 1.41. The maximum absolute atomic E-state index is 14.3. The van der Waals surface area contributed by atoms with Gasteiger partial charge in [-0.15, -0.1) is 0 Å². The van der Waals surface area contributed by atoms with Gasteiger partial charge in [0.1, 0.15) is 23.2 Å². The summed E-state index contributed by atoms with van der Waals surface area (Å²) in [6.07, 6.45) is 1.54. The lowest BCUT2D eigenvalue weighted by Gasteiger charge is -2.09. The fourth-order valence-electron chi connectivity index (χ4n) is 3.58. The maximum atomic E-state index is 14.3. The van der Waals surface area contributed by atoms with Gasteiger partial charge in [-0.1, -0.05) is 43.0 Å². The number of hydrogen-bond donors (Lipinski definition) is 0. The second kappa shape index (κ2) is 10.3. The lowest BCUT2D eigenvalue weighted by Crippen LogP contribution is -2.02. The molecular weight excluding hydrogens is 421 g/mol. The number of fused-ring (bicyclic) bond motifs is 1. The van der Waals surface area contributed by atoms with Gasteiger partial charge in [-0.05, 0) is 72.0 Å². The minimum absolute atomic E-state index is 0.0684. The van der Waals surface area contributed by atoms with Gasteiger partial charge < -0.3 is 4.74 Å². The second-order valence-corrected chi connectivity index (χ2v) is 7.87. The zero-order valence-corrected chi connectivity index (χ0v) is 18.3. The van der Waals surface area contributed by atoms with Gasteiger partial charge in [-0.25, -0.2) is 13.2 Å². The first-order valence-electron chi connectivity index (χ1n) is 10.9. The maximum Gasteiger partial charge on any atom is 0.133 e. The van der Waals surface area contributed by atoms with Crippen molar-refractivity contribution in [3.05, 3.63) is 113 Å². The molecule has 166 valence electrons. The molecule has 0 aliphatic rings. The van der Waals surface area contributed by atoms with Crippen LogP contribution in [0.3, 0.4) is 0 Å². The third-order valence-electron chi connectivity index (χ3n) is 5.36. The smallest absolute Gasteiger partial charge is 0.133 e. The summed E-state index contributed by atoms with van der Waals surface area (Å²) in [7, 11) is 0. The van der Waals surface area contributed by atoms with E-state index in [1.807, 2.05) is 49.4 Å². The molecule has 0 N–H and O–H groups in total. The predicted molar refractivity (Wildman–Crippen MR) is 126 cm³/mol. The predicted octanol–water partition coefficient (Wildman–Crippen LogP) is 7.23. The van der Waals surface area contributed by atoms with E-state index in [9.17, 15) is 13.2 Å². The quantitative estimate of drug-likeness (QED) is 0.285. The Morgan fingerprint density at radius 2 is 1.33 bits per heavy atom. The summed E-state index contributed by atoms with van der Waals surface area (Å²) < 4.78 is 47.3. The van der Waals surface area contributed by atoms with Crippen molar-refractivity contribution in [1.82, 2.24) is 0 Å². The van der Waals surface area contributed by atoms with E-state index in [-0.39, 0.29) is 23.6 Å². The van der Waals surface area contributed by atoms with Crippen LogP contribution >= 0.6 is 0 Å². The Morgan fingerprint density at radius 1 is 0.697 bits per heavy atom. The van der Waals surface area contributed by atoms with Crippen molar-refractivity contribution in [3.63, 3.8) is 0 Å². The zero-order chi connectivity index (χ0) is 23.2. The van der Waals surface area contributed by atoms with Gasteiger partial charge >= 0.3 is 0 Å². The van der Waals surface area contributed by atoms with Gasteiger partial charge in [0.2, 0.25) is 0 Å². The van der Waals surface area contributed by atoms with Gasteiger partial charge in [0, 0.05) is 28.8 Å². The second-order valence-electron chi connectivity index (χ2n) is 7.87. The van der Waals surface area contributed by atoms with E-state index in [1.165, 1.54) is 24.3 Å². The number of benzene rings is 4. The number of hydrogen-bond acceptors (Lipinski definition) is 1.